The van der Waals surface area contributed by atoms with E-state index in [2.05, 4.69) is 20.3 Å². The average molecular weight is 495 g/mol. The molecule has 2 aromatic carbocycles. The van der Waals surface area contributed by atoms with Gasteiger partial charge in [0.05, 0.1) is 17.0 Å². The molecule has 0 aliphatic carbocycles. The lowest BCUT2D eigenvalue weighted by Gasteiger charge is -2.10. The van der Waals surface area contributed by atoms with E-state index >= 15 is 0 Å². The van der Waals surface area contributed by atoms with Gasteiger partial charge in [-0.25, -0.2) is 22.2 Å². The number of aromatic nitrogens is 1. The van der Waals surface area contributed by atoms with E-state index in [1.165, 1.54) is 35.6 Å². The fourth-order valence-corrected chi connectivity index (χ4v) is 4.33. The molecule has 3 N–H and O–H groups in total. The Hall–Kier alpha value is -3.38. The number of anilines is 3. The van der Waals surface area contributed by atoms with Gasteiger partial charge < -0.3 is 10.6 Å². The second-order valence-corrected chi connectivity index (χ2v) is 9.81. The van der Waals surface area contributed by atoms with Crippen molar-refractivity contribution in [2.45, 2.75) is 25.2 Å². The molecule has 0 atom stereocenters. The molecule has 0 fully saturated rings. The van der Waals surface area contributed by atoms with Crippen LogP contribution in [-0.4, -0.2) is 25.2 Å². The second kappa shape index (κ2) is 10.0. The molecule has 1 aromatic heterocycles. The van der Waals surface area contributed by atoms with E-state index in [1.54, 1.807) is 19.2 Å². The number of hydrogen-bond acceptors (Lipinski definition) is 6. The van der Waals surface area contributed by atoms with E-state index in [4.69, 9.17) is 0 Å². The van der Waals surface area contributed by atoms with E-state index in [1.807, 2.05) is 0 Å². The third-order valence-electron chi connectivity index (χ3n) is 4.27. The first-order valence-electron chi connectivity index (χ1n) is 9.66. The summed E-state index contributed by atoms with van der Waals surface area (Å²) in [4.78, 5) is 27.8. The van der Waals surface area contributed by atoms with Crippen LogP contribution in [0.4, 0.5) is 25.3 Å². The van der Waals surface area contributed by atoms with Gasteiger partial charge in [-0.3, -0.25) is 14.3 Å². The summed E-state index contributed by atoms with van der Waals surface area (Å²) in [6, 6.07) is 8.06. The Morgan fingerprint density at radius 1 is 1.00 bits per heavy atom. The van der Waals surface area contributed by atoms with Crippen molar-refractivity contribution >= 4 is 49.7 Å². The first kappa shape index (κ1) is 24.3. The normalized spacial score (nSPS) is 11.3. The van der Waals surface area contributed by atoms with Crippen molar-refractivity contribution in [1.29, 1.82) is 0 Å². The maximum Gasteiger partial charge on any atom is 0.261 e. The van der Waals surface area contributed by atoms with Gasteiger partial charge in [-0.1, -0.05) is 13.8 Å². The third-order valence-corrected chi connectivity index (χ3v) is 6.46. The van der Waals surface area contributed by atoms with Crippen molar-refractivity contribution in [3.8, 4) is 0 Å². The van der Waals surface area contributed by atoms with Crippen molar-refractivity contribution in [3.05, 3.63) is 65.2 Å². The first-order valence-corrected chi connectivity index (χ1v) is 12.0. The lowest BCUT2D eigenvalue weighted by Crippen LogP contribution is -2.18. The maximum atomic E-state index is 13.3. The van der Waals surface area contributed by atoms with Gasteiger partial charge in [-0.15, -0.1) is 11.3 Å². The molecule has 174 valence electrons. The molecule has 0 saturated heterocycles. The summed E-state index contributed by atoms with van der Waals surface area (Å²) < 4.78 is 53.3. The van der Waals surface area contributed by atoms with Crippen molar-refractivity contribution in [1.82, 2.24) is 4.98 Å². The lowest BCUT2D eigenvalue weighted by atomic mass is 10.2. The predicted octanol–water partition coefficient (Wildman–Crippen LogP) is 4.00. The standard InChI is InChI=1S/C21H20F2N4O4S2/c1-12(2)20(29)26-21-25-15(11-32-21)9-19(28)24-13-3-5-14(6-4-13)27-33(30,31)16-7-8-17(22)18(23)10-16/h3-8,10-12,27H,9H2,1-2H3,(H,24,28)(H,25,26,29). The highest BCUT2D eigenvalue weighted by Crippen LogP contribution is 2.21. The van der Waals surface area contributed by atoms with E-state index in [-0.39, 0.29) is 29.8 Å². The van der Waals surface area contributed by atoms with Crippen molar-refractivity contribution in [2.75, 3.05) is 15.4 Å². The average Bonchev–Trinajstić information content (AvgIpc) is 3.17. The van der Waals surface area contributed by atoms with Gasteiger partial charge in [0.2, 0.25) is 11.8 Å². The van der Waals surface area contributed by atoms with E-state index in [9.17, 15) is 26.8 Å². The summed E-state index contributed by atoms with van der Waals surface area (Å²) in [5.41, 5.74) is 1.08. The Morgan fingerprint density at radius 3 is 2.30 bits per heavy atom. The highest BCUT2D eigenvalue weighted by Gasteiger charge is 2.17. The van der Waals surface area contributed by atoms with Gasteiger partial charge in [0.1, 0.15) is 0 Å². The Kier molecular flexibility index (Phi) is 7.39. The largest absolute Gasteiger partial charge is 0.326 e. The zero-order valence-electron chi connectivity index (χ0n) is 17.6. The number of carbonyl (C=O) groups is 2. The minimum Gasteiger partial charge on any atom is -0.326 e. The molecule has 0 saturated carbocycles. The number of thiazole rings is 1. The van der Waals surface area contributed by atoms with Crippen molar-refractivity contribution in [2.24, 2.45) is 5.92 Å². The molecule has 0 unspecified atom stereocenters. The van der Waals surface area contributed by atoms with E-state index in [0.29, 0.717) is 22.6 Å². The number of nitrogens with zero attached hydrogens (tertiary/aromatic N) is 1. The summed E-state index contributed by atoms with van der Waals surface area (Å²) in [5.74, 6) is -3.13. The quantitative estimate of drug-likeness (QED) is 0.438. The molecule has 0 aliphatic rings. The van der Waals surface area contributed by atoms with E-state index < -0.39 is 26.6 Å². The highest BCUT2D eigenvalue weighted by atomic mass is 32.2. The molecule has 12 heteroatoms. The smallest absolute Gasteiger partial charge is 0.261 e. The zero-order valence-corrected chi connectivity index (χ0v) is 19.2. The number of benzene rings is 2. The van der Waals surface area contributed by atoms with Gasteiger partial charge in [0.25, 0.3) is 10.0 Å². The van der Waals surface area contributed by atoms with E-state index in [0.717, 1.165) is 12.1 Å². The number of carbonyl (C=O) groups excluding carboxylic acids is 2. The Balaban J connectivity index is 1.58. The van der Waals surface area contributed by atoms with Gasteiger partial charge in [0.15, 0.2) is 16.8 Å². The molecule has 2 amide bonds. The van der Waals surface area contributed by atoms with Crippen LogP contribution in [0.2, 0.25) is 0 Å². The Labute approximate surface area is 193 Å². The number of halogens is 2. The molecule has 0 spiro atoms. The minimum atomic E-state index is -4.12. The fourth-order valence-electron chi connectivity index (χ4n) is 2.54. The monoisotopic (exact) mass is 494 g/mol. The predicted molar refractivity (Wildman–Crippen MR) is 122 cm³/mol. The zero-order chi connectivity index (χ0) is 24.2. The van der Waals surface area contributed by atoms with Crippen LogP contribution in [0, 0.1) is 17.6 Å². The minimum absolute atomic E-state index is 0.0153. The van der Waals surface area contributed by atoms with Crippen LogP contribution in [0.25, 0.3) is 0 Å². The molecular weight excluding hydrogens is 474 g/mol. The van der Waals surface area contributed by atoms with Crippen molar-refractivity contribution in [3.63, 3.8) is 0 Å². The molecular formula is C21H20F2N4O4S2. The summed E-state index contributed by atoms with van der Waals surface area (Å²) in [7, 11) is -4.12. The summed E-state index contributed by atoms with van der Waals surface area (Å²) in [6.45, 7) is 3.52. The van der Waals surface area contributed by atoms with Gasteiger partial charge in [-0.05, 0) is 42.5 Å². The fraction of sp³-hybridized carbons (Fsp3) is 0.190. The second-order valence-electron chi connectivity index (χ2n) is 7.27. The van der Waals surface area contributed by atoms with Crippen LogP contribution in [0.1, 0.15) is 19.5 Å². The lowest BCUT2D eigenvalue weighted by molar-refractivity contribution is -0.119. The summed E-state index contributed by atoms with van der Waals surface area (Å²) in [5, 5.41) is 7.42. The molecule has 8 nitrogen and oxygen atoms in total. The van der Waals surface area contributed by atoms with Crippen molar-refractivity contribution < 1.29 is 26.8 Å². The maximum absolute atomic E-state index is 13.3. The molecule has 3 rings (SSSR count). The molecule has 0 aliphatic heterocycles. The number of sulfonamides is 1. The highest BCUT2D eigenvalue weighted by molar-refractivity contribution is 7.92. The molecule has 0 bridgehead atoms. The van der Waals surface area contributed by atoms with Crippen LogP contribution in [0.5, 0.6) is 0 Å². The summed E-state index contributed by atoms with van der Waals surface area (Å²) in [6.07, 6.45) is -0.0153. The van der Waals surface area contributed by atoms with Crippen LogP contribution in [-0.2, 0) is 26.0 Å². The van der Waals surface area contributed by atoms with Gasteiger partial charge in [0, 0.05) is 22.7 Å². The number of nitrogens with one attached hydrogen (secondary N) is 3. The van der Waals surface area contributed by atoms with Crippen LogP contribution in [0.3, 0.4) is 0 Å². The summed E-state index contributed by atoms with van der Waals surface area (Å²) >= 11 is 1.22. The molecule has 33 heavy (non-hydrogen) atoms. The molecule has 1 heterocycles. The Morgan fingerprint density at radius 2 is 1.67 bits per heavy atom. The van der Waals surface area contributed by atoms with Gasteiger partial charge >= 0.3 is 0 Å². The molecule has 0 radical (unpaired) electrons. The SMILES string of the molecule is CC(C)C(=O)Nc1nc(CC(=O)Nc2ccc(NS(=O)(=O)c3ccc(F)c(F)c3)cc2)cs1. The topological polar surface area (TPSA) is 117 Å². The third kappa shape index (κ3) is 6.56. The van der Waals surface area contributed by atoms with Gasteiger partial charge in [-0.2, -0.15) is 0 Å². The Bertz CT molecular complexity index is 1280. The first-order chi connectivity index (χ1) is 15.5. The van der Waals surface area contributed by atoms with Crippen LogP contribution >= 0.6 is 11.3 Å². The van der Waals surface area contributed by atoms with Crippen LogP contribution < -0.4 is 15.4 Å². The molecule has 3 aromatic rings. The number of hydrogen-bond donors (Lipinski definition) is 3. The number of rotatable bonds is 8. The number of amides is 2. The van der Waals surface area contributed by atoms with Crippen LogP contribution in [0.15, 0.2) is 52.7 Å².